The van der Waals surface area contributed by atoms with Crippen molar-refractivity contribution in [1.82, 2.24) is 10.6 Å². The minimum atomic E-state index is -0.167. The van der Waals surface area contributed by atoms with Crippen molar-refractivity contribution in [3.63, 3.8) is 0 Å². The fourth-order valence-electron chi connectivity index (χ4n) is 1.66. The highest BCUT2D eigenvalue weighted by Gasteiger charge is 2.02. The maximum atomic E-state index is 11.7. The molecule has 0 unspecified atom stereocenters. The Morgan fingerprint density at radius 2 is 1.53 bits per heavy atom. The second kappa shape index (κ2) is 6.95. The number of benzene rings is 2. The zero-order valence-corrected chi connectivity index (χ0v) is 12.0. The van der Waals surface area contributed by atoms with Crippen molar-refractivity contribution in [2.45, 2.75) is 13.1 Å². The van der Waals surface area contributed by atoms with E-state index in [9.17, 15) is 4.79 Å². The topological polar surface area (TPSA) is 41.1 Å². The summed E-state index contributed by atoms with van der Waals surface area (Å²) in [6.45, 7) is 1.03. The molecule has 0 heterocycles. The SMILES string of the molecule is O=C(NCc1ccccc1)NCc1ccccc1Br. The summed E-state index contributed by atoms with van der Waals surface area (Å²) in [6, 6.07) is 17.5. The van der Waals surface area contributed by atoms with Crippen LogP contribution in [0, 0.1) is 0 Å². The summed E-state index contributed by atoms with van der Waals surface area (Å²) in [4.78, 5) is 11.7. The lowest BCUT2D eigenvalue weighted by Crippen LogP contribution is -2.34. The summed E-state index contributed by atoms with van der Waals surface area (Å²) in [5.41, 5.74) is 2.14. The molecular formula is C15H15BrN2O. The Kier molecular flexibility index (Phi) is 4.98. The predicted molar refractivity (Wildman–Crippen MR) is 79.7 cm³/mol. The first kappa shape index (κ1) is 13.6. The normalized spacial score (nSPS) is 9.95. The number of amides is 2. The van der Waals surface area contributed by atoms with Crippen LogP contribution in [0.15, 0.2) is 59.1 Å². The number of carbonyl (C=O) groups is 1. The minimum Gasteiger partial charge on any atom is -0.334 e. The van der Waals surface area contributed by atoms with Gasteiger partial charge in [-0.1, -0.05) is 64.5 Å². The molecule has 0 saturated carbocycles. The maximum Gasteiger partial charge on any atom is 0.315 e. The number of nitrogens with one attached hydrogen (secondary N) is 2. The van der Waals surface area contributed by atoms with E-state index in [0.717, 1.165) is 15.6 Å². The quantitative estimate of drug-likeness (QED) is 0.890. The van der Waals surface area contributed by atoms with E-state index in [1.54, 1.807) is 0 Å². The Morgan fingerprint density at radius 1 is 0.895 bits per heavy atom. The number of carbonyl (C=O) groups excluding carboxylic acids is 1. The first-order valence-corrected chi connectivity index (χ1v) is 6.84. The smallest absolute Gasteiger partial charge is 0.315 e. The van der Waals surface area contributed by atoms with Crippen LogP contribution < -0.4 is 10.6 Å². The molecule has 0 fully saturated rings. The molecule has 2 N–H and O–H groups in total. The van der Waals surface area contributed by atoms with Crippen molar-refractivity contribution < 1.29 is 4.79 Å². The van der Waals surface area contributed by atoms with Crippen LogP contribution in [-0.4, -0.2) is 6.03 Å². The highest BCUT2D eigenvalue weighted by molar-refractivity contribution is 9.10. The number of hydrogen-bond acceptors (Lipinski definition) is 1. The second-order valence-electron chi connectivity index (χ2n) is 4.11. The van der Waals surface area contributed by atoms with Gasteiger partial charge in [-0.25, -0.2) is 4.79 Å². The highest BCUT2D eigenvalue weighted by Crippen LogP contribution is 2.15. The Bertz CT molecular complexity index is 543. The lowest BCUT2D eigenvalue weighted by Gasteiger charge is -2.08. The van der Waals surface area contributed by atoms with Crippen LogP contribution in [0.25, 0.3) is 0 Å². The maximum absolute atomic E-state index is 11.7. The summed E-state index contributed by atoms with van der Waals surface area (Å²) >= 11 is 3.45. The lowest BCUT2D eigenvalue weighted by molar-refractivity contribution is 0.240. The minimum absolute atomic E-state index is 0.167. The molecule has 0 aliphatic rings. The van der Waals surface area contributed by atoms with Crippen molar-refractivity contribution >= 4 is 22.0 Å². The van der Waals surface area contributed by atoms with E-state index in [4.69, 9.17) is 0 Å². The van der Waals surface area contributed by atoms with Crippen LogP contribution >= 0.6 is 15.9 Å². The van der Waals surface area contributed by atoms with E-state index < -0.39 is 0 Å². The van der Waals surface area contributed by atoms with E-state index in [1.165, 1.54) is 0 Å². The van der Waals surface area contributed by atoms with Gasteiger partial charge in [0.15, 0.2) is 0 Å². The highest BCUT2D eigenvalue weighted by atomic mass is 79.9. The van der Waals surface area contributed by atoms with Gasteiger partial charge in [-0.2, -0.15) is 0 Å². The summed E-state index contributed by atoms with van der Waals surface area (Å²) in [5, 5.41) is 5.65. The van der Waals surface area contributed by atoms with Gasteiger partial charge in [-0.05, 0) is 17.2 Å². The van der Waals surface area contributed by atoms with Crippen molar-refractivity contribution in [2.75, 3.05) is 0 Å². The molecule has 0 atom stereocenters. The third-order valence-electron chi connectivity index (χ3n) is 2.69. The molecule has 2 rings (SSSR count). The molecule has 98 valence electrons. The zero-order valence-electron chi connectivity index (χ0n) is 10.4. The molecule has 0 bridgehead atoms. The molecule has 0 spiro atoms. The molecule has 2 aromatic rings. The lowest BCUT2D eigenvalue weighted by atomic mass is 10.2. The average molecular weight is 319 g/mol. The Hall–Kier alpha value is -1.81. The monoisotopic (exact) mass is 318 g/mol. The van der Waals surface area contributed by atoms with Crippen molar-refractivity contribution in [3.05, 3.63) is 70.2 Å². The Labute approximate surface area is 121 Å². The van der Waals surface area contributed by atoms with E-state index >= 15 is 0 Å². The summed E-state index contributed by atoms with van der Waals surface area (Å²) < 4.78 is 0.998. The van der Waals surface area contributed by atoms with Crippen LogP contribution in [-0.2, 0) is 13.1 Å². The molecule has 0 saturated heterocycles. The van der Waals surface area contributed by atoms with Gasteiger partial charge >= 0.3 is 6.03 Å². The molecule has 2 aromatic carbocycles. The molecule has 0 aliphatic heterocycles. The molecule has 3 nitrogen and oxygen atoms in total. The van der Waals surface area contributed by atoms with E-state index in [0.29, 0.717) is 13.1 Å². The summed E-state index contributed by atoms with van der Waals surface area (Å²) in [7, 11) is 0. The Morgan fingerprint density at radius 3 is 2.26 bits per heavy atom. The van der Waals surface area contributed by atoms with Crippen LogP contribution in [0.3, 0.4) is 0 Å². The third kappa shape index (κ3) is 4.41. The zero-order chi connectivity index (χ0) is 13.5. The Balaban J connectivity index is 1.78. The fourth-order valence-corrected chi connectivity index (χ4v) is 2.08. The third-order valence-corrected chi connectivity index (χ3v) is 3.47. The van der Waals surface area contributed by atoms with E-state index in [1.807, 2.05) is 54.6 Å². The number of rotatable bonds is 4. The van der Waals surface area contributed by atoms with Crippen LogP contribution in [0.1, 0.15) is 11.1 Å². The fraction of sp³-hybridized carbons (Fsp3) is 0.133. The van der Waals surface area contributed by atoms with Crippen LogP contribution in [0.4, 0.5) is 4.79 Å². The standard InChI is InChI=1S/C15H15BrN2O/c16-14-9-5-4-8-13(14)11-18-15(19)17-10-12-6-2-1-3-7-12/h1-9H,10-11H2,(H2,17,18,19). The van der Waals surface area contributed by atoms with Crippen LogP contribution in [0.5, 0.6) is 0 Å². The molecule has 2 amide bonds. The molecule has 19 heavy (non-hydrogen) atoms. The largest absolute Gasteiger partial charge is 0.334 e. The predicted octanol–water partition coefficient (Wildman–Crippen LogP) is 3.45. The van der Waals surface area contributed by atoms with Gasteiger partial charge in [-0.3, -0.25) is 0 Å². The van der Waals surface area contributed by atoms with Crippen molar-refractivity contribution in [2.24, 2.45) is 0 Å². The molecule has 0 radical (unpaired) electrons. The first-order valence-electron chi connectivity index (χ1n) is 6.05. The molecule has 0 aromatic heterocycles. The molecular weight excluding hydrogens is 304 g/mol. The molecule has 4 heteroatoms. The first-order chi connectivity index (χ1) is 9.25. The van der Waals surface area contributed by atoms with E-state index in [-0.39, 0.29) is 6.03 Å². The van der Waals surface area contributed by atoms with Gasteiger partial charge in [0.1, 0.15) is 0 Å². The van der Waals surface area contributed by atoms with Crippen molar-refractivity contribution in [1.29, 1.82) is 0 Å². The van der Waals surface area contributed by atoms with Crippen molar-refractivity contribution in [3.8, 4) is 0 Å². The van der Waals surface area contributed by atoms with Gasteiger partial charge < -0.3 is 10.6 Å². The van der Waals surface area contributed by atoms with E-state index in [2.05, 4.69) is 26.6 Å². The van der Waals surface area contributed by atoms with Gasteiger partial charge in [0, 0.05) is 17.6 Å². The molecule has 0 aliphatic carbocycles. The second-order valence-corrected chi connectivity index (χ2v) is 4.97. The summed E-state index contributed by atoms with van der Waals surface area (Å²) in [6.07, 6.45) is 0. The van der Waals surface area contributed by atoms with Gasteiger partial charge in [-0.15, -0.1) is 0 Å². The number of hydrogen-bond donors (Lipinski definition) is 2. The number of halogens is 1. The van der Waals surface area contributed by atoms with Gasteiger partial charge in [0.05, 0.1) is 0 Å². The average Bonchev–Trinajstić information content (AvgIpc) is 2.45. The van der Waals surface area contributed by atoms with Gasteiger partial charge in [0.2, 0.25) is 0 Å². The van der Waals surface area contributed by atoms with Crippen LogP contribution in [0.2, 0.25) is 0 Å². The van der Waals surface area contributed by atoms with Gasteiger partial charge in [0.25, 0.3) is 0 Å². The number of urea groups is 1. The summed E-state index contributed by atoms with van der Waals surface area (Å²) in [5.74, 6) is 0.